The summed E-state index contributed by atoms with van der Waals surface area (Å²) in [7, 11) is 0. The Morgan fingerprint density at radius 1 is 1.21 bits per heavy atom. The maximum absolute atomic E-state index is 5.98. The number of aryl methyl sites for hydroxylation is 1. The Morgan fingerprint density at radius 2 is 2.04 bits per heavy atom. The fraction of sp³-hybridized carbons (Fsp3) is 0.333. The molecule has 4 rings (SSSR count). The molecular weight excluding hydrogens is 342 g/mol. The molecule has 0 N–H and O–H groups in total. The third-order valence-corrected chi connectivity index (χ3v) is 5.58. The molecule has 1 aliphatic heterocycles. The van der Waals surface area contributed by atoms with Crippen LogP contribution in [0.4, 0.5) is 0 Å². The van der Waals surface area contributed by atoms with Crippen LogP contribution in [0.15, 0.2) is 40.8 Å². The smallest absolute Gasteiger partial charge is 0.257 e. The van der Waals surface area contributed by atoms with Gasteiger partial charge in [0, 0.05) is 16.4 Å². The van der Waals surface area contributed by atoms with Gasteiger partial charge in [-0.1, -0.05) is 23.7 Å². The highest BCUT2D eigenvalue weighted by Crippen LogP contribution is 2.35. The lowest BCUT2D eigenvalue weighted by Gasteiger charge is -2.21. The maximum atomic E-state index is 5.98. The predicted molar refractivity (Wildman–Crippen MR) is 96.2 cm³/mol. The monoisotopic (exact) mass is 359 g/mol. The molecule has 3 heterocycles. The molecule has 0 spiro atoms. The van der Waals surface area contributed by atoms with Crippen LogP contribution in [0.1, 0.15) is 35.2 Å². The van der Waals surface area contributed by atoms with E-state index < -0.39 is 0 Å². The van der Waals surface area contributed by atoms with E-state index >= 15 is 0 Å². The largest absolute Gasteiger partial charge is 0.418 e. The Labute approximate surface area is 150 Å². The Morgan fingerprint density at radius 3 is 2.79 bits per heavy atom. The van der Waals surface area contributed by atoms with Crippen molar-refractivity contribution in [1.29, 1.82) is 0 Å². The van der Waals surface area contributed by atoms with Crippen LogP contribution in [-0.4, -0.2) is 21.6 Å². The summed E-state index contributed by atoms with van der Waals surface area (Å²) in [5.41, 5.74) is 1.25. The van der Waals surface area contributed by atoms with Gasteiger partial charge in [-0.05, 0) is 56.1 Å². The molecule has 0 radical (unpaired) electrons. The standard InChI is InChI=1S/C18H18ClN3OS/c1-12-4-9-16(24-12)18-21-20-17(23-18)15-3-2-10-22(15)11-13-5-7-14(19)8-6-13/h4-9,15H,2-3,10-11H2,1H3. The quantitative estimate of drug-likeness (QED) is 0.650. The van der Waals surface area contributed by atoms with Gasteiger partial charge in [-0.25, -0.2) is 0 Å². The summed E-state index contributed by atoms with van der Waals surface area (Å²) in [6.45, 7) is 4.00. The first-order valence-corrected chi connectivity index (χ1v) is 9.27. The van der Waals surface area contributed by atoms with Crippen LogP contribution >= 0.6 is 22.9 Å². The van der Waals surface area contributed by atoms with E-state index in [-0.39, 0.29) is 6.04 Å². The number of hydrogen-bond donors (Lipinski definition) is 0. The summed E-state index contributed by atoms with van der Waals surface area (Å²) in [5, 5.41) is 9.33. The molecule has 1 aliphatic rings. The molecular formula is C18H18ClN3OS. The van der Waals surface area contributed by atoms with E-state index in [9.17, 15) is 0 Å². The van der Waals surface area contributed by atoms with Crippen LogP contribution in [0.5, 0.6) is 0 Å². The average molecular weight is 360 g/mol. The van der Waals surface area contributed by atoms with E-state index in [1.807, 2.05) is 18.2 Å². The average Bonchev–Trinajstić information content (AvgIpc) is 3.29. The Balaban J connectivity index is 1.52. The summed E-state index contributed by atoms with van der Waals surface area (Å²) >= 11 is 7.65. The normalized spacial score (nSPS) is 18.3. The molecule has 24 heavy (non-hydrogen) atoms. The van der Waals surface area contributed by atoms with Gasteiger partial charge in [-0.3, -0.25) is 4.90 Å². The van der Waals surface area contributed by atoms with Crippen LogP contribution in [-0.2, 0) is 6.54 Å². The van der Waals surface area contributed by atoms with Crippen LogP contribution in [0, 0.1) is 6.92 Å². The summed E-state index contributed by atoms with van der Waals surface area (Å²) in [5.74, 6) is 1.35. The van der Waals surface area contributed by atoms with Crippen LogP contribution in [0.3, 0.4) is 0 Å². The number of nitrogens with zero attached hydrogens (tertiary/aromatic N) is 3. The molecule has 3 aromatic rings. The zero-order chi connectivity index (χ0) is 16.5. The lowest BCUT2D eigenvalue weighted by atomic mass is 10.2. The van der Waals surface area contributed by atoms with Gasteiger partial charge in [-0.15, -0.1) is 21.5 Å². The van der Waals surface area contributed by atoms with Crippen molar-refractivity contribution in [3.05, 3.63) is 57.8 Å². The molecule has 1 atom stereocenters. The van der Waals surface area contributed by atoms with Crippen molar-refractivity contribution in [3.8, 4) is 10.8 Å². The number of rotatable bonds is 4. The molecule has 0 bridgehead atoms. The number of aromatic nitrogens is 2. The highest BCUT2D eigenvalue weighted by atomic mass is 35.5. The summed E-state index contributed by atoms with van der Waals surface area (Å²) in [6.07, 6.45) is 2.20. The SMILES string of the molecule is Cc1ccc(-c2nnc(C3CCCN3Cc3ccc(Cl)cc3)o2)s1. The van der Waals surface area contributed by atoms with Gasteiger partial charge in [0.2, 0.25) is 5.89 Å². The molecule has 0 amide bonds. The van der Waals surface area contributed by atoms with Crippen LogP contribution in [0.25, 0.3) is 10.8 Å². The van der Waals surface area contributed by atoms with Gasteiger partial charge in [0.05, 0.1) is 10.9 Å². The minimum atomic E-state index is 0.197. The minimum absolute atomic E-state index is 0.197. The molecule has 6 heteroatoms. The highest BCUT2D eigenvalue weighted by molar-refractivity contribution is 7.15. The van der Waals surface area contributed by atoms with Crippen molar-refractivity contribution in [3.63, 3.8) is 0 Å². The predicted octanol–water partition coefficient (Wildman–Crippen LogP) is 5.10. The van der Waals surface area contributed by atoms with Crippen LogP contribution in [0.2, 0.25) is 5.02 Å². The number of hydrogen-bond acceptors (Lipinski definition) is 5. The van der Waals surface area contributed by atoms with Gasteiger partial charge in [0.25, 0.3) is 5.89 Å². The fourth-order valence-corrected chi connectivity index (χ4v) is 4.05. The first-order chi connectivity index (χ1) is 11.7. The summed E-state index contributed by atoms with van der Waals surface area (Å²) < 4.78 is 5.98. The van der Waals surface area contributed by atoms with Crippen molar-refractivity contribution < 1.29 is 4.42 Å². The van der Waals surface area contributed by atoms with E-state index in [1.54, 1.807) is 11.3 Å². The number of likely N-dealkylation sites (tertiary alicyclic amines) is 1. The molecule has 0 saturated carbocycles. The van der Waals surface area contributed by atoms with Gasteiger partial charge < -0.3 is 4.42 Å². The highest BCUT2D eigenvalue weighted by Gasteiger charge is 2.30. The van der Waals surface area contributed by atoms with Crippen LogP contribution < -0.4 is 0 Å². The topological polar surface area (TPSA) is 42.2 Å². The van der Waals surface area contributed by atoms with Crippen molar-refractivity contribution in [2.75, 3.05) is 6.54 Å². The van der Waals surface area contributed by atoms with E-state index in [1.165, 1.54) is 10.4 Å². The Bertz CT molecular complexity index is 827. The van der Waals surface area contributed by atoms with E-state index in [4.69, 9.17) is 16.0 Å². The molecule has 0 aliphatic carbocycles. The fourth-order valence-electron chi connectivity index (χ4n) is 3.14. The zero-order valence-corrected chi connectivity index (χ0v) is 15.0. The molecule has 4 nitrogen and oxygen atoms in total. The van der Waals surface area contributed by atoms with Crippen molar-refractivity contribution in [2.24, 2.45) is 0 Å². The Kier molecular flexibility index (Phi) is 4.39. The molecule has 1 saturated heterocycles. The van der Waals surface area contributed by atoms with Crippen molar-refractivity contribution >= 4 is 22.9 Å². The van der Waals surface area contributed by atoms with E-state index in [0.717, 1.165) is 41.7 Å². The third kappa shape index (κ3) is 3.24. The number of benzene rings is 1. The van der Waals surface area contributed by atoms with Gasteiger partial charge in [0.1, 0.15) is 0 Å². The van der Waals surface area contributed by atoms with Gasteiger partial charge >= 0.3 is 0 Å². The van der Waals surface area contributed by atoms with Crippen molar-refractivity contribution in [1.82, 2.24) is 15.1 Å². The second-order valence-corrected chi connectivity index (χ2v) is 7.84. The second kappa shape index (κ2) is 6.67. The van der Waals surface area contributed by atoms with Crippen molar-refractivity contribution in [2.45, 2.75) is 32.4 Å². The number of halogens is 1. The lowest BCUT2D eigenvalue weighted by molar-refractivity contribution is 0.215. The minimum Gasteiger partial charge on any atom is -0.418 e. The Hall–Kier alpha value is -1.69. The molecule has 1 fully saturated rings. The maximum Gasteiger partial charge on any atom is 0.257 e. The first-order valence-electron chi connectivity index (χ1n) is 8.08. The summed E-state index contributed by atoms with van der Waals surface area (Å²) in [6, 6.07) is 12.3. The molecule has 1 aromatic carbocycles. The molecule has 2 aromatic heterocycles. The molecule has 1 unspecified atom stereocenters. The second-order valence-electron chi connectivity index (χ2n) is 6.11. The zero-order valence-electron chi connectivity index (χ0n) is 13.4. The van der Waals surface area contributed by atoms with E-state index in [0.29, 0.717) is 5.89 Å². The van der Waals surface area contributed by atoms with E-state index in [2.05, 4.69) is 40.2 Å². The van der Waals surface area contributed by atoms with Gasteiger partial charge in [-0.2, -0.15) is 0 Å². The molecule has 124 valence electrons. The lowest BCUT2D eigenvalue weighted by Crippen LogP contribution is -2.23. The third-order valence-electron chi connectivity index (χ3n) is 4.34. The first kappa shape index (κ1) is 15.8. The summed E-state index contributed by atoms with van der Waals surface area (Å²) in [4.78, 5) is 4.68. The van der Waals surface area contributed by atoms with Gasteiger partial charge in [0.15, 0.2) is 0 Å². The number of thiophene rings is 1.